The first-order chi connectivity index (χ1) is 9.41. The largest absolute Gasteiger partial charge is 0.294 e. The number of hydrogen-bond donors (Lipinski definition) is 0. The van der Waals surface area contributed by atoms with Crippen LogP contribution in [0.25, 0.3) is 0 Å². The first-order valence-corrected chi connectivity index (χ1v) is 8.04. The summed E-state index contributed by atoms with van der Waals surface area (Å²) in [5.41, 5.74) is 0.773. The molecular formula is C16H23NO2S. The average molecular weight is 293 g/mol. The molecule has 0 saturated carbocycles. The van der Waals surface area contributed by atoms with E-state index < -0.39 is 11.0 Å². The molecule has 0 aliphatic heterocycles. The fourth-order valence-corrected chi connectivity index (χ4v) is 2.13. The second-order valence-corrected chi connectivity index (χ2v) is 7.62. The van der Waals surface area contributed by atoms with E-state index in [9.17, 15) is 9.00 Å². The summed E-state index contributed by atoms with van der Waals surface area (Å²) in [6.45, 7) is 5.71. The van der Waals surface area contributed by atoms with Crippen LogP contribution in [0.3, 0.4) is 0 Å². The zero-order valence-electron chi connectivity index (χ0n) is 12.5. The molecule has 0 aromatic heterocycles. The Labute approximate surface area is 124 Å². The van der Waals surface area contributed by atoms with Crippen LogP contribution in [0, 0.1) is 0 Å². The van der Waals surface area contributed by atoms with Crippen molar-refractivity contribution < 1.29 is 9.00 Å². The molecule has 4 heteroatoms. The lowest BCUT2D eigenvalue weighted by atomic mass is 10.1. The van der Waals surface area contributed by atoms with Crippen molar-refractivity contribution in [3.63, 3.8) is 0 Å². The fraction of sp³-hybridized carbons (Fsp3) is 0.500. The van der Waals surface area contributed by atoms with Gasteiger partial charge in [-0.3, -0.25) is 4.79 Å². The van der Waals surface area contributed by atoms with Crippen molar-refractivity contribution in [2.45, 2.75) is 51.2 Å². The van der Waals surface area contributed by atoms with Gasteiger partial charge in [0.25, 0.3) is 0 Å². The van der Waals surface area contributed by atoms with Gasteiger partial charge in [-0.25, -0.2) is 4.21 Å². The zero-order chi connectivity index (χ0) is 15.0. The lowest BCUT2D eigenvalue weighted by molar-refractivity contribution is 0.0979. The highest BCUT2D eigenvalue weighted by Crippen LogP contribution is 2.12. The molecule has 0 radical (unpaired) electrons. The molecule has 0 amide bonds. The van der Waals surface area contributed by atoms with Gasteiger partial charge in [-0.05, 0) is 40.0 Å². The Hall–Kier alpha value is -1.29. The number of carbonyl (C=O) groups excluding carboxylic acids is 1. The molecule has 1 unspecified atom stereocenters. The predicted molar refractivity (Wildman–Crippen MR) is 85.6 cm³/mol. The minimum atomic E-state index is -1.18. The van der Waals surface area contributed by atoms with E-state index in [0.29, 0.717) is 6.42 Å². The quantitative estimate of drug-likeness (QED) is 0.434. The van der Waals surface area contributed by atoms with Crippen molar-refractivity contribution in [2.75, 3.05) is 0 Å². The Kier molecular flexibility index (Phi) is 6.79. The minimum Gasteiger partial charge on any atom is -0.294 e. The van der Waals surface area contributed by atoms with Crippen LogP contribution in [0.1, 0.15) is 56.8 Å². The molecule has 0 fully saturated rings. The highest BCUT2D eigenvalue weighted by Gasteiger charge is 2.17. The molecule has 0 saturated heterocycles. The van der Waals surface area contributed by atoms with Gasteiger partial charge >= 0.3 is 0 Å². The van der Waals surface area contributed by atoms with Gasteiger partial charge in [-0.2, -0.15) is 4.40 Å². The predicted octanol–water partition coefficient (Wildman–Crippen LogP) is 3.96. The van der Waals surface area contributed by atoms with E-state index in [1.807, 2.05) is 51.1 Å². The molecule has 0 spiro atoms. The maximum absolute atomic E-state index is 11.8. The van der Waals surface area contributed by atoms with E-state index in [-0.39, 0.29) is 10.5 Å². The Morgan fingerprint density at radius 3 is 2.45 bits per heavy atom. The first-order valence-electron chi connectivity index (χ1n) is 6.94. The van der Waals surface area contributed by atoms with Crippen LogP contribution in [-0.2, 0) is 11.0 Å². The van der Waals surface area contributed by atoms with Gasteiger partial charge in [0.2, 0.25) is 0 Å². The standard InChI is InChI=1S/C16H23NO2S/c1-16(2,3)20(19)17-13-9-5-8-12-15(18)14-10-6-4-7-11-14/h4,6-7,10-11,13H,5,8-9,12H2,1-3H3/b17-13+. The van der Waals surface area contributed by atoms with Crippen molar-refractivity contribution in [1.82, 2.24) is 0 Å². The number of nitrogens with zero attached hydrogens (tertiary/aromatic N) is 1. The van der Waals surface area contributed by atoms with Gasteiger partial charge in [0.1, 0.15) is 11.0 Å². The Morgan fingerprint density at radius 1 is 1.20 bits per heavy atom. The van der Waals surface area contributed by atoms with Gasteiger partial charge in [-0.1, -0.05) is 30.3 Å². The molecule has 110 valence electrons. The van der Waals surface area contributed by atoms with E-state index in [4.69, 9.17) is 0 Å². The summed E-state index contributed by atoms with van der Waals surface area (Å²) in [5, 5.41) is 0. The topological polar surface area (TPSA) is 46.5 Å². The smallest absolute Gasteiger partial charge is 0.162 e. The monoisotopic (exact) mass is 293 g/mol. The second-order valence-electron chi connectivity index (χ2n) is 5.68. The number of carbonyl (C=O) groups is 1. The Bertz CT molecular complexity index is 475. The molecule has 1 atom stereocenters. The third-order valence-corrected chi connectivity index (χ3v) is 4.17. The summed E-state index contributed by atoms with van der Waals surface area (Å²) in [5.74, 6) is 0.181. The van der Waals surface area contributed by atoms with Crippen LogP contribution in [0.5, 0.6) is 0 Å². The summed E-state index contributed by atoms with van der Waals surface area (Å²) >= 11 is 0. The lowest BCUT2D eigenvalue weighted by Gasteiger charge is -2.12. The maximum Gasteiger partial charge on any atom is 0.162 e. The van der Waals surface area contributed by atoms with Gasteiger partial charge < -0.3 is 0 Å². The minimum absolute atomic E-state index is 0.181. The third kappa shape index (κ3) is 6.24. The highest BCUT2D eigenvalue weighted by atomic mass is 32.2. The average Bonchev–Trinajstić information content (AvgIpc) is 2.42. The van der Waals surface area contributed by atoms with E-state index in [1.165, 1.54) is 0 Å². The molecule has 0 aliphatic rings. The summed E-state index contributed by atoms with van der Waals surface area (Å²) in [6, 6.07) is 9.35. The second kappa shape index (κ2) is 8.10. The molecule has 1 rings (SSSR count). The molecule has 0 aliphatic carbocycles. The lowest BCUT2D eigenvalue weighted by Crippen LogP contribution is -2.19. The van der Waals surface area contributed by atoms with Crippen LogP contribution < -0.4 is 0 Å². The molecule has 1 aromatic carbocycles. The van der Waals surface area contributed by atoms with Gasteiger partial charge in [-0.15, -0.1) is 0 Å². The fourth-order valence-electron chi connectivity index (χ4n) is 1.57. The van der Waals surface area contributed by atoms with Crippen LogP contribution in [0.2, 0.25) is 0 Å². The summed E-state index contributed by atoms with van der Waals surface area (Å²) < 4.78 is 15.4. The van der Waals surface area contributed by atoms with E-state index >= 15 is 0 Å². The molecule has 0 N–H and O–H groups in total. The van der Waals surface area contributed by atoms with Crippen LogP contribution in [-0.4, -0.2) is 21.0 Å². The number of unbranched alkanes of at least 4 members (excludes halogenated alkanes) is 2. The third-order valence-electron chi connectivity index (χ3n) is 2.78. The maximum atomic E-state index is 11.8. The van der Waals surface area contributed by atoms with Crippen molar-refractivity contribution in [3.05, 3.63) is 35.9 Å². The van der Waals surface area contributed by atoms with Gasteiger partial charge in [0, 0.05) is 18.2 Å². The van der Waals surface area contributed by atoms with Crippen molar-refractivity contribution in [1.29, 1.82) is 0 Å². The molecule has 3 nitrogen and oxygen atoms in total. The summed E-state index contributed by atoms with van der Waals surface area (Å²) in [6.07, 6.45) is 4.77. The van der Waals surface area contributed by atoms with Crippen LogP contribution in [0.4, 0.5) is 0 Å². The molecule has 1 aromatic rings. The van der Waals surface area contributed by atoms with Crippen LogP contribution in [0.15, 0.2) is 34.7 Å². The molecular weight excluding hydrogens is 270 g/mol. The highest BCUT2D eigenvalue weighted by molar-refractivity contribution is 7.85. The molecule has 0 bridgehead atoms. The molecule has 20 heavy (non-hydrogen) atoms. The Balaban J connectivity index is 2.22. The number of ketones is 1. The summed E-state index contributed by atoms with van der Waals surface area (Å²) in [7, 11) is -1.18. The van der Waals surface area contributed by atoms with E-state index in [2.05, 4.69) is 4.40 Å². The number of benzene rings is 1. The normalized spacial score (nSPS) is 13.6. The van der Waals surface area contributed by atoms with Gasteiger partial charge in [0.15, 0.2) is 5.78 Å². The summed E-state index contributed by atoms with van der Waals surface area (Å²) in [4.78, 5) is 11.8. The number of rotatable bonds is 7. The van der Waals surface area contributed by atoms with Gasteiger partial charge in [0.05, 0.1) is 4.75 Å². The number of Topliss-reactive ketones (excluding diaryl/α,β-unsaturated/α-hetero) is 1. The van der Waals surface area contributed by atoms with Crippen molar-refractivity contribution in [2.24, 2.45) is 4.40 Å². The van der Waals surface area contributed by atoms with E-state index in [0.717, 1.165) is 24.8 Å². The van der Waals surface area contributed by atoms with E-state index in [1.54, 1.807) is 6.21 Å². The van der Waals surface area contributed by atoms with Crippen molar-refractivity contribution >= 4 is 23.0 Å². The SMILES string of the molecule is CC(C)(C)S(=O)/N=C/CCCCC(=O)c1ccccc1. The van der Waals surface area contributed by atoms with Crippen LogP contribution >= 0.6 is 0 Å². The Morgan fingerprint density at radius 2 is 1.85 bits per heavy atom. The zero-order valence-corrected chi connectivity index (χ0v) is 13.3. The van der Waals surface area contributed by atoms with Crippen molar-refractivity contribution in [3.8, 4) is 0 Å². The number of hydrogen-bond acceptors (Lipinski definition) is 2. The first kappa shape index (κ1) is 16.8. The molecule has 0 heterocycles.